The Labute approximate surface area is 113 Å². The van der Waals surface area contributed by atoms with E-state index in [2.05, 4.69) is 26.1 Å². The van der Waals surface area contributed by atoms with Crippen molar-refractivity contribution >= 4 is 0 Å². The molecule has 0 atom stereocenters. The van der Waals surface area contributed by atoms with Crippen molar-refractivity contribution in [1.82, 2.24) is 5.32 Å². The number of furan rings is 2. The van der Waals surface area contributed by atoms with E-state index in [0.717, 1.165) is 23.6 Å². The topological polar surface area (TPSA) is 47.5 Å². The van der Waals surface area contributed by atoms with Crippen LogP contribution in [0.3, 0.4) is 0 Å². The molecule has 2 heterocycles. The van der Waals surface area contributed by atoms with Crippen LogP contribution >= 0.6 is 0 Å². The molecule has 4 heteroatoms. The van der Waals surface area contributed by atoms with Crippen LogP contribution in [0, 0.1) is 0 Å². The number of nitrogens with one attached hydrogen (secondary N) is 1. The number of rotatable bonds is 6. The molecule has 4 nitrogen and oxygen atoms in total. The monoisotopic (exact) mass is 263 g/mol. The third kappa shape index (κ3) is 4.93. The molecule has 0 amide bonds. The fraction of sp³-hybridized carbons (Fsp3) is 0.467. The van der Waals surface area contributed by atoms with Gasteiger partial charge in [-0.3, -0.25) is 0 Å². The van der Waals surface area contributed by atoms with Gasteiger partial charge >= 0.3 is 0 Å². The van der Waals surface area contributed by atoms with Gasteiger partial charge in [0.1, 0.15) is 24.7 Å². The minimum atomic E-state index is 0.104. The van der Waals surface area contributed by atoms with E-state index >= 15 is 0 Å². The predicted octanol–water partition coefficient (Wildman–Crippen LogP) is 3.48. The van der Waals surface area contributed by atoms with Crippen LogP contribution in [0.1, 0.15) is 37.9 Å². The van der Waals surface area contributed by atoms with Gasteiger partial charge in [0.25, 0.3) is 0 Å². The van der Waals surface area contributed by atoms with E-state index in [4.69, 9.17) is 13.6 Å². The molecule has 0 fully saturated rings. The summed E-state index contributed by atoms with van der Waals surface area (Å²) in [7, 11) is 0. The first kappa shape index (κ1) is 13.9. The third-order valence-corrected chi connectivity index (χ3v) is 2.60. The van der Waals surface area contributed by atoms with Crippen LogP contribution in [-0.2, 0) is 24.5 Å². The van der Waals surface area contributed by atoms with Crippen molar-refractivity contribution in [2.75, 3.05) is 0 Å². The summed E-state index contributed by atoms with van der Waals surface area (Å²) < 4.78 is 16.2. The Bertz CT molecular complexity index is 480. The van der Waals surface area contributed by atoms with Gasteiger partial charge in [-0.2, -0.15) is 0 Å². The maximum Gasteiger partial charge on any atom is 0.129 e. The summed E-state index contributed by atoms with van der Waals surface area (Å²) >= 11 is 0. The summed E-state index contributed by atoms with van der Waals surface area (Å²) in [5.74, 6) is 1.65. The highest BCUT2D eigenvalue weighted by Crippen LogP contribution is 2.12. The second kappa shape index (κ2) is 6.08. The van der Waals surface area contributed by atoms with E-state index in [1.165, 1.54) is 0 Å². The molecule has 0 spiro atoms. The normalized spacial score (nSPS) is 11.9. The molecule has 104 valence electrons. The Balaban J connectivity index is 1.74. The van der Waals surface area contributed by atoms with Crippen molar-refractivity contribution in [3.8, 4) is 0 Å². The highest BCUT2D eigenvalue weighted by Gasteiger charge is 2.10. The van der Waals surface area contributed by atoms with Crippen molar-refractivity contribution < 1.29 is 13.6 Å². The highest BCUT2D eigenvalue weighted by molar-refractivity contribution is 5.12. The molecule has 0 saturated carbocycles. The molecule has 19 heavy (non-hydrogen) atoms. The average molecular weight is 263 g/mol. The second-order valence-corrected chi connectivity index (χ2v) is 5.60. The Hall–Kier alpha value is -1.52. The van der Waals surface area contributed by atoms with Crippen molar-refractivity contribution in [2.45, 2.75) is 46.1 Å². The largest absolute Gasteiger partial charge is 0.467 e. The molecule has 2 aromatic heterocycles. The van der Waals surface area contributed by atoms with Gasteiger partial charge in [0.15, 0.2) is 0 Å². The second-order valence-electron chi connectivity index (χ2n) is 5.60. The van der Waals surface area contributed by atoms with Crippen LogP contribution in [0.5, 0.6) is 0 Å². The zero-order valence-electron chi connectivity index (χ0n) is 11.7. The lowest BCUT2D eigenvalue weighted by molar-refractivity contribution is 0.0803. The quantitative estimate of drug-likeness (QED) is 0.866. The molecule has 2 rings (SSSR count). The van der Waals surface area contributed by atoms with Gasteiger partial charge in [-0.05, 0) is 39.0 Å². The lowest BCUT2D eigenvalue weighted by Crippen LogP contribution is -2.34. The summed E-state index contributed by atoms with van der Waals surface area (Å²) in [5, 5.41) is 3.41. The molecule has 0 unspecified atom stereocenters. The number of hydrogen-bond acceptors (Lipinski definition) is 4. The lowest BCUT2D eigenvalue weighted by atomic mass is 10.1. The van der Waals surface area contributed by atoms with E-state index in [-0.39, 0.29) is 5.54 Å². The maximum absolute atomic E-state index is 5.51. The van der Waals surface area contributed by atoms with E-state index in [1.807, 2.05) is 18.2 Å². The van der Waals surface area contributed by atoms with Gasteiger partial charge in [-0.25, -0.2) is 0 Å². The zero-order valence-corrected chi connectivity index (χ0v) is 11.7. The van der Waals surface area contributed by atoms with Gasteiger partial charge < -0.3 is 18.9 Å². The summed E-state index contributed by atoms with van der Waals surface area (Å²) in [4.78, 5) is 0. The minimum absolute atomic E-state index is 0.104. The first-order valence-corrected chi connectivity index (χ1v) is 6.44. The van der Waals surface area contributed by atoms with Crippen LogP contribution < -0.4 is 5.32 Å². The smallest absolute Gasteiger partial charge is 0.129 e. The zero-order chi connectivity index (χ0) is 13.7. The fourth-order valence-electron chi connectivity index (χ4n) is 1.61. The van der Waals surface area contributed by atoms with Crippen molar-refractivity contribution in [3.63, 3.8) is 0 Å². The SMILES string of the molecule is CC(C)(C)NCc1coc(COCc2ccco2)c1. The van der Waals surface area contributed by atoms with Gasteiger partial charge in [-0.15, -0.1) is 0 Å². The van der Waals surface area contributed by atoms with Gasteiger partial charge in [0, 0.05) is 17.6 Å². The average Bonchev–Trinajstić information content (AvgIpc) is 2.97. The maximum atomic E-state index is 5.51. The van der Waals surface area contributed by atoms with Gasteiger partial charge in [-0.1, -0.05) is 0 Å². The fourth-order valence-corrected chi connectivity index (χ4v) is 1.61. The molecule has 0 aliphatic rings. The molecule has 0 saturated heterocycles. The molecular formula is C15H21NO3. The molecule has 2 aromatic rings. The number of hydrogen-bond donors (Lipinski definition) is 1. The van der Waals surface area contributed by atoms with Crippen LogP contribution in [0.4, 0.5) is 0 Å². The Morgan fingerprint density at radius 2 is 1.95 bits per heavy atom. The predicted molar refractivity (Wildman–Crippen MR) is 72.5 cm³/mol. The first-order chi connectivity index (χ1) is 9.03. The van der Waals surface area contributed by atoms with Crippen LogP contribution in [0.15, 0.2) is 39.6 Å². The molecule has 0 radical (unpaired) electrons. The third-order valence-electron chi connectivity index (χ3n) is 2.60. The summed E-state index contributed by atoms with van der Waals surface area (Å²) in [6.07, 6.45) is 3.41. The van der Waals surface area contributed by atoms with E-state index < -0.39 is 0 Å². The van der Waals surface area contributed by atoms with Crippen LogP contribution in [0.2, 0.25) is 0 Å². The van der Waals surface area contributed by atoms with Crippen molar-refractivity contribution in [2.24, 2.45) is 0 Å². The van der Waals surface area contributed by atoms with E-state index in [9.17, 15) is 0 Å². The molecule has 0 aliphatic heterocycles. The van der Waals surface area contributed by atoms with E-state index in [0.29, 0.717) is 13.2 Å². The van der Waals surface area contributed by atoms with E-state index in [1.54, 1.807) is 12.5 Å². The van der Waals surface area contributed by atoms with Crippen LogP contribution in [-0.4, -0.2) is 5.54 Å². The van der Waals surface area contributed by atoms with Crippen LogP contribution in [0.25, 0.3) is 0 Å². The van der Waals surface area contributed by atoms with Crippen molar-refractivity contribution in [1.29, 1.82) is 0 Å². The summed E-state index contributed by atoms with van der Waals surface area (Å²) in [5.41, 5.74) is 1.24. The lowest BCUT2D eigenvalue weighted by Gasteiger charge is -2.19. The molecule has 0 aliphatic carbocycles. The van der Waals surface area contributed by atoms with Gasteiger partial charge in [0.05, 0.1) is 12.5 Å². The summed E-state index contributed by atoms with van der Waals surface area (Å²) in [6, 6.07) is 5.75. The van der Waals surface area contributed by atoms with Gasteiger partial charge in [0.2, 0.25) is 0 Å². The van der Waals surface area contributed by atoms with Crippen molar-refractivity contribution in [3.05, 3.63) is 47.8 Å². The standard InChI is InChI=1S/C15H21NO3/c1-15(2,3)16-8-12-7-14(19-9-12)11-17-10-13-5-4-6-18-13/h4-7,9,16H,8,10-11H2,1-3H3. The Morgan fingerprint density at radius 1 is 1.16 bits per heavy atom. The summed E-state index contributed by atoms with van der Waals surface area (Å²) in [6.45, 7) is 8.13. The molecule has 0 aromatic carbocycles. The Kier molecular flexibility index (Phi) is 4.45. The first-order valence-electron chi connectivity index (χ1n) is 6.44. The minimum Gasteiger partial charge on any atom is -0.467 e. The number of ether oxygens (including phenoxy) is 1. The molecule has 0 bridgehead atoms. The molecular weight excluding hydrogens is 242 g/mol. The molecule has 1 N–H and O–H groups in total. The highest BCUT2D eigenvalue weighted by atomic mass is 16.5. The Morgan fingerprint density at radius 3 is 2.63 bits per heavy atom.